The van der Waals surface area contributed by atoms with Crippen molar-refractivity contribution in [2.24, 2.45) is 5.92 Å². The van der Waals surface area contributed by atoms with Crippen molar-refractivity contribution < 1.29 is 14.6 Å². The van der Waals surface area contributed by atoms with Crippen LogP contribution >= 0.6 is 0 Å². The average Bonchev–Trinajstić information content (AvgIpc) is 2.07. The Morgan fingerprint density at radius 1 is 1.41 bits per heavy atom. The second kappa shape index (κ2) is 4.84. The third-order valence-corrected chi connectivity index (χ3v) is 2.81. The van der Waals surface area contributed by atoms with Gasteiger partial charge in [0.15, 0.2) is 0 Å². The fourth-order valence-corrected chi connectivity index (χ4v) is 1.84. The van der Waals surface area contributed by atoms with Crippen molar-refractivity contribution in [3.05, 3.63) is 0 Å². The predicted molar refractivity (Wildman–Crippen MR) is 66.8 cm³/mol. The van der Waals surface area contributed by atoms with Gasteiger partial charge in [-0.15, -0.1) is 0 Å². The number of β-amino-alcohol motifs (C(OH)–C–C–N with tert-alkyl or cyclic N) is 1. The highest BCUT2D eigenvalue weighted by Crippen LogP contribution is 2.28. The molecule has 0 radical (unpaired) electrons. The van der Waals surface area contributed by atoms with Gasteiger partial charge in [-0.3, -0.25) is 0 Å². The van der Waals surface area contributed by atoms with Crippen LogP contribution in [0.15, 0.2) is 0 Å². The molecule has 1 aliphatic heterocycles. The maximum atomic E-state index is 11.7. The van der Waals surface area contributed by atoms with Crippen molar-refractivity contribution in [1.29, 1.82) is 0 Å². The Hall–Kier alpha value is -0.770. The molecule has 1 saturated heterocycles. The van der Waals surface area contributed by atoms with Crippen molar-refractivity contribution in [2.75, 3.05) is 13.1 Å². The topological polar surface area (TPSA) is 49.8 Å². The monoisotopic (exact) mass is 243 g/mol. The zero-order valence-corrected chi connectivity index (χ0v) is 11.6. The highest BCUT2D eigenvalue weighted by molar-refractivity contribution is 5.69. The highest BCUT2D eigenvalue weighted by Gasteiger charge is 2.44. The Balaban J connectivity index is 2.33. The summed E-state index contributed by atoms with van der Waals surface area (Å²) in [5.41, 5.74) is -1.16. The number of aliphatic hydroxyl groups is 1. The molecule has 0 aliphatic carbocycles. The summed E-state index contributed by atoms with van der Waals surface area (Å²) in [5, 5.41) is 10.1. The van der Waals surface area contributed by atoms with Gasteiger partial charge in [0.05, 0.1) is 18.7 Å². The van der Waals surface area contributed by atoms with E-state index in [9.17, 15) is 9.90 Å². The first-order valence-electron chi connectivity index (χ1n) is 6.32. The van der Waals surface area contributed by atoms with Gasteiger partial charge in [0.1, 0.15) is 5.60 Å². The zero-order valence-electron chi connectivity index (χ0n) is 11.6. The Bertz CT molecular complexity index is 275. The molecule has 1 amide bonds. The fraction of sp³-hybridized carbons (Fsp3) is 0.923. The van der Waals surface area contributed by atoms with Gasteiger partial charge < -0.3 is 14.7 Å². The van der Waals surface area contributed by atoms with E-state index in [4.69, 9.17) is 4.74 Å². The lowest BCUT2D eigenvalue weighted by molar-refractivity contribution is -0.104. The van der Waals surface area contributed by atoms with Crippen LogP contribution in [0.25, 0.3) is 0 Å². The zero-order chi connectivity index (χ0) is 13.3. The third-order valence-electron chi connectivity index (χ3n) is 2.81. The minimum absolute atomic E-state index is 0.327. The largest absolute Gasteiger partial charge is 0.444 e. The molecule has 1 rings (SSSR count). The molecular formula is C13H25NO3. The van der Waals surface area contributed by atoms with Gasteiger partial charge in [0, 0.05) is 0 Å². The number of amides is 1. The molecule has 0 atom stereocenters. The van der Waals surface area contributed by atoms with Crippen molar-refractivity contribution in [3.63, 3.8) is 0 Å². The normalized spacial score (nSPS) is 19.1. The van der Waals surface area contributed by atoms with Crippen molar-refractivity contribution >= 4 is 6.09 Å². The molecule has 0 saturated carbocycles. The van der Waals surface area contributed by atoms with Crippen molar-refractivity contribution in [1.82, 2.24) is 4.90 Å². The molecule has 0 spiro atoms. The molecule has 0 aromatic heterocycles. The van der Waals surface area contributed by atoms with Crippen LogP contribution in [0.3, 0.4) is 0 Å². The van der Waals surface area contributed by atoms with E-state index in [0.717, 1.165) is 12.8 Å². The maximum Gasteiger partial charge on any atom is 0.410 e. The predicted octanol–water partition coefficient (Wildman–Crippen LogP) is 2.40. The number of hydrogen-bond acceptors (Lipinski definition) is 3. The van der Waals surface area contributed by atoms with E-state index in [0.29, 0.717) is 19.0 Å². The van der Waals surface area contributed by atoms with E-state index in [1.54, 1.807) is 4.90 Å². The van der Waals surface area contributed by atoms with Gasteiger partial charge in [0.25, 0.3) is 0 Å². The van der Waals surface area contributed by atoms with E-state index in [2.05, 4.69) is 13.8 Å². The minimum atomic E-state index is -0.693. The molecule has 17 heavy (non-hydrogen) atoms. The lowest BCUT2D eigenvalue weighted by Crippen LogP contribution is -2.64. The molecular weight excluding hydrogens is 218 g/mol. The summed E-state index contributed by atoms with van der Waals surface area (Å²) >= 11 is 0. The molecule has 1 fully saturated rings. The second-order valence-corrected chi connectivity index (χ2v) is 6.49. The lowest BCUT2D eigenvalue weighted by atomic mass is 9.87. The SMILES string of the molecule is CC(C)CCC1(O)CN(C(=O)OC(C)(C)C)C1. The molecule has 0 aromatic rings. The summed E-state index contributed by atoms with van der Waals surface area (Å²) in [7, 11) is 0. The number of nitrogens with zero attached hydrogens (tertiary/aromatic N) is 1. The van der Waals surface area contributed by atoms with Crippen LogP contribution in [0.4, 0.5) is 4.79 Å². The van der Waals surface area contributed by atoms with Gasteiger partial charge in [-0.05, 0) is 39.5 Å². The first-order chi connectivity index (χ1) is 7.61. The van der Waals surface area contributed by atoms with E-state index in [-0.39, 0.29) is 6.09 Å². The van der Waals surface area contributed by atoms with Crippen LogP contribution in [-0.2, 0) is 4.74 Å². The van der Waals surface area contributed by atoms with Gasteiger partial charge >= 0.3 is 6.09 Å². The van der Waals surface area contributed by atoms with Crippen molar-refractivity contribution in [2.45, 2.75) is 58.7 Å². The number of rotatable bonds is 3. The van der Waals surface area contributed by atoms with E-state index in [1.807, 2.05) is 20.8 Å². The third kappa shape index (κ3) is 4.54. The summed E-state index contributed by atoms with van der Waals surface area (Å²) in [6.45, 7) is 10.6. The van der Waals surface area contributed by atoms with Crippen LogP contribution in [0.2, 0.25) is 0 Å². The van der Waals surface area contributed by atoms with Gasteiger partial charge in [-0.25, -0.2) is 4.79 Å². The van der Waals surface area contributed by atoms with E-state index in [1.165, 1.54) is 0 Å². The average molecular weight is 243 g/mol. The summed E-state index contributed by atoms with van der Waals surface area (Å²) in [4.78, 5) is 13.2. The highest BCUT2D eigenvalue weighted by atomic mass is 16.6. The Kier molecular flexibility index (Phi) is 4.07. The number of carbonyl (C=O) groups excluding carboxylic acids is 1. The lowest BCUT2D eigenvalue weighted by Gasteiger charge is -2.46. The molecule has 4 heteroatoms. The first-order valence-corrected chi connectivity index (χ1v) is 6.32. The minimum Gasteiger partial charge on any atom is -0.444 e. The van der Waals surface area contributed by atoms with Crippen LogP contribution in [0.1, 0.15) is 47.5 Å². The standard InChI is InChI=1S/C13H25NO3/c1-10(2)6-7-13(16)8-14(9-13)11(15)17-12(3,4)5/h10,16H,6-9H2,1-5H3. The second-order valence-electron chi connectivity index (χ2n) is 6.49. The smallest absolute Gasteiger partial charge is 0.410 e. The summed E-state index contributed by atoms with van der Waals surface area (Å²) in [5.74, 6) is 0.578. The van der Waals surface area contributed by atoms with E-state index < -0.39 is 11.2 Å². The quantitative estimate of drug-likeness (QED) is 0.828. The molecule has 4 nitrogen and oxygen atoms in total. The number of ether oxygens (including phenoxy) is 1. The number of carbonyl (C=O) groups is 1. The van der Waals surface area contributed by atoms with Crippen LogP contribution in [0, 0.1) is 5.92 Å². The molecule has 100 valence electrons. The summed E-state index contributed by atoms with van der Waals surface area (Å²) in [6, 6.07) is 0. The first kappa shape index (κ1) is 14.3. The fourth-order valence-electron chi connectivity index (χ4n) is 1.84. The van der Waals surface area contributed by atoms with Gasteiger partial charge in [0.2, 0.25) is 0 Å². The molecule has 0 unspecified atom stereocenters. The maximum absolute atomic E-state index is 11.7. The Labute approximate surface area is 104 Å². The summed E-state index contributed by atoms with van der Waals surface area (Å²) < 4.78 is 5.24. The molecule has 1 N–H and O–H groups in total. The van der Waals surface area contributed by atoms with Crippen molar-refractivity contribution in [3.8, 4) is 0 Å². The van der Waals surface area contributed by atoms with E-state index >= 15 is 0 Å². The Morgan fingerprint density at radius 2 is 1.94 bits per heavy atom. The van der Waals surface area contributed by atoms with Crippen LogP contribution in [0.5, 0.6) is 0 Å². The number of hydrogen-bond donors (Lipinski definition) is 1. The molecule has 0 aromatic carbocycles. The number of likely N-dealkylation sites (tertiary alicyclic amines) is 1. The molecule has 1 heterocycles. The van der Waals surface area contributed by atoms with Gasteiger partial charge in [-0.1, -0.05) is 13.8 Å². The van der Waals surface area contributed by atoms with Crippen LogP contribution < -0.4 is 0 Å². The van der Waals surface area contributed by atoms with Gasteiger partial charge in [-0.2, -0.15) is 0 Å². The summed E-state index contributed by atoms with van der Waals surface area (Å²) in [6.07, 6.45) is 1.41. The molecule has 1 aliphatic rings. The Morgan fingerprint density at radius 3 is 2.35 bits per heavy atom. The molecule has 0 bridgehead atoms. The van der Waals surface area contributed by atoms with Crippen LogP contribution in [-0.4, -0.2) is 40.4 Å².